The molecule has 1 aliphatic rings. The van der Waals surface area contributed by atoms with Crippen LogP contribution in [-0.4, -0.2) is 11.1 Å². The molecule has 2 rings (SSSR count). The second-order valence-electron chi connectivity index (χ2n) is 3.40. The Morgan fingerprint density at radius 2 is 2.33 bits per heavy atom. The van der Waals surface area contributed by atoms with Crippen molar-refractivity contribution in [3.63, 3.8) is 0 Å². The monoisotopic (exact) mass is 163 g/mol. The summed E-state index contributed by atoms with van der Waals surface area (Å²) in [5.74, 6) is 0.423. The highest BCUT2D eigenvalue weighted by Crippen LogP contribution is 2.24. The van der Waals surface area contributed by atoms with Gasteiger partial charge in [0.1, 0.15) is 5.75 Å². The Morgan fingerprint density at radius 3 is 3.17 bits per heavy atom. The number of hydrogen-bond donors (Lipinski definition) is 2. The first-order valence-corrected chi connectivity index (χ1v) is 4.30. The molecule has 0 fully saturated rings. The van der Waals surface area contributed by atoms with Gasteiger partial charge in [-0.3, -0.25) is 0 Å². The van der Waals surface area contributed by atoms with Crippen LogP contribution in [0.25, 0.3) is 0 Å². The number of nitrogens with one attached hydrogen (secondary N) is 1. The molecule has 0 aromatic heterocycles. The predicted octanol–water partition coefficient (Wildman–Crippen LogP) is 1.43. The topological polar surface area (TPSA) is 32.3 Å². The number of rotatable bonds is 0. The molecule has 0 bridgehead atoms. The van der Waals surface area contributed by atoms with Gasteiger partial charge in [-0.15, -0.1) is 0 Å². The summed E-state index contributed by atoms with van der Waals surface area (Å²) >= 11 is 0. The Labute approximate surface area is 72.2 Å². The lowest BCUT2D eigenvalue weighted by Crippen LogP contribution is -2.32. The number of phenols is 1. The van der Waals surface area contributed by atoms with Gasteiger partial charge in [-0.05, 0) is 25.0 Å². The minimum Gasteiger partial charge on any atom is -0.508 e. The van der Waals surface area contributed by atoms with Gasteiger partial charge < -0.3 is 10.4 Å². The molecule has 2 nitrogen and oxygen atoms in total. The van der Waals surface area contributed by atoms with Crippen LogP contribution in [0.4, 0.5) is 0 Å². The molecule has 1 heterocycles. The zero-order valence-corrected chi connectivity index (χ0v) is 7.17. The Morgan fingerprint density at radius 1 is 1.50 bits per heavy atom. The molecule has 2 heteroatoms. The Hall–Kier alpha value is -1.02. The van der Waals surface area contributed by atoms with E-state index < -0.39 is 0 Å². The highest BCUT2D eigenvalue weighted by atomic mass is 16.3. The number of fused-ring (bicyclic) bond motifs is 1. The van der Waals surface area contributed by atoms with Crippen molar-refractivity contribution in [1.29, 1.82) is 0 Å². The molecule has 1 aromatic carbocycles. The standard InChI is InChI=1S/C10H13NO/c1-7-5-8-3-2-4-10(12)9(8)6-11-7/h2-4,7,11-12H,5-6H2,1H3/t7-/m1/s1. The predicted molar refractivity (Wildman–Crippen MR) is 48.1 cm³/mol. The van der Waals surface area contributed by atoms with Crippen molar-refractivity contribution >= 4 is 0 Å². The summed E-state index contributed by atoms with van der Waals surface area (Å²) in [5.41, 5.74) is 2.34. The second-order valence-corrected chi connectivity index (χ2v) is 3.40. The van der Waals surface area contributed by atoms with Gasteiger partial charge in [0.2, 0.25) is 0 Å². The highest BCUT2D eigenvalue weighted by molar-refractivity contribution is 5.40. The molecular weight excluding hydrogens is 150 g/mol. The van der Waals surface area contributed by atoms with Crippen molar-refractivity contribution in [3.8, 4) is 5.75 Å². The van der Waals surface area contributed by atoms with Crippen LogP contribution in [0, 0.1) is 0 Å². The van der Waals surface area contributed by atoms with Crippen LogP contribution in [0.3, 0.4) is 0 Å². The van der Waals surface area contributed by atoms with Crippen molar-refractivity contribution in [3.05, 3.63) is 29.3 Å². The van der Waals surface area contributed by atoms with Crippen molar-refractivity contribution in [2.45, 2.75) is 25.9 Å². The van der Waals surface area contributed by atoms with E-state index in [0.717, 1.165) is 18.5 Å². The first kappa shape index (κ1) is 7.62. The van der Waals surface area contributed by atoms with Crippen molar-refractivity contribution in [1.82, 2.24) is 5.32 Å². The molecule has 0 amide bonds. The van der Waals surface area contributed by atoms with Crippen LogP contribution in [0.2, 0.25) is 0 Å². The van der Waals surface area contributed by atoms with Crippen LogP contribution >= 0.6 is 0 Å². The Bertz CT molecular complexity index is 296. The molecule has 0 saturated carbocycles. The van der Waals surface area contributed by atoms with Crippen LogP contribution in [0.15, 0.2) is 18.2 Å². The number of aromatic hydroxyl groups is 1. The lowest BCUT2D eigenvalue weighted by molar-refractivity contribution is 0.444. The molecule has 0 unspecified atom stereocenters. The van der Waals surface area contributed by atoms with Crippen LogP contribution in [0.5, 0.6) is 5.75 Å². The van der Waals surface area contributed by atoms with E-state index in [-0.39, 0.29) is 0 Å². The molecule has 1 atom stereocenters. The van der Waals surface area contributed by atoms with E-state index in [4.69, 9.17) is 0 Å². The maximum absolute atomic E-state index is 9.50. The Kier molecular flexibility index (Phi) is 1.77. The third-order valence-corrected chi connectivity index (χ3v) is 2.40. The average Bonchev–Trinajstić information content (AvgIpc) is 2.04. The first-order chi connectivity index (χ1) is 5.77. The number of hydrogen-bond acceptors (Lipinski definition) is 2. The lowest BCUT2D eigenvalue weighted by Gasteiger charge is -2.23. The van der Waals surface area contributed by atoms with E-state index in [1.807, 2.05) is 6.07 Å². The molecular formula is C10H13NO. The van der Waals surface area contributed by atoms with Crippen molar-refractivity contribution in [2.24, 2.45) is 0 Å². The quantitative estimate of drug-likeness (QED) is 0.606. The van der Waals surface area contributed by atoms with E-state index in [2.05, 4.69) is 18.3 Å². The summed E-state index contributed by atoms with van der Waals surface area (Å²) < 4.78 is 0. The summed E-state index contributed by atoms with van der Waals surface area (Å²) in [6, 6.07) is 6.27. The number of phenolic OH excluding ortho intramolecular Hbond substituents is 1. The summed E-state index contributed by atoms with van der Waals surface area (Å²) in [7, 11) is 0. The molecule has 1 aromatic rings. The van der Waals surface area contributed by atoms with Gasteiger partial charge in [-0.1, -0.05) is 12.1 Å². The maximum Gasteiger partial charge on any atom is 0.120 e. The second kappa shape index (κ2) is 2.79. The van der Waals surface area contributed by atoms with Gasteiger partial charge in [-0.2, -0.15) is 0 Å². The SMILES string of the molecule is C[C@@H]1Cc2cccc(O)c2CN1. The fraction of sp³-hybridized carbons (Fsp3) is 0.400. The van der Waals surface area contributed by atoms with Gasteiger partial charge in [-0.25, -0.2) is 0 Å². The van der Waals surface area contributed by atoms with Gasteiger partial charge >= 0.3 is 0 Å². The minimum atomic E-state index is 0.423. The summed E-state index contributed by atoms with van der Waals surface area (Å²) in [5, 5.41) is 12.8. The van der Waals surface area contributed by atoms with Crippen LogP contribution in [-0.2, 0) is 13.0 Å². The zero-order valence-electron chi connectivity index (χ0n) is 7.17. The number of benzene rings is 1. The molecule has 12 heavy (non-hydrogen) atoms. The Balaban J connectivity index is 2.42. The van der Waals surface area contributed by atoms with E-state index in [9.17, 15) is 5.11 Å². The normalized spacial score (nSPS) is 21.9. The largest absolute Gasteiger partial charge is 0.508 e. The summed E-state index contributed by atoms with van der Waals surface area (Å²) in [6.45, 7) is 2.95. The third-order valence-electron chi connectivity index (χ3n) is 2.40. The molecule has 64 valence electrons. The van der Waals surface area contributed by atoms with Crippen molar-refractivity contribution in [2.75, 3.05) is 0 Å². The smallest absolute Gasteiger partial charge is 0.120 e. The summed E-state index contributed by atoms with van der Waals surface area (Å²) in [6.07, 6.45) is 1.02. The first-order valence-electron chi connectivity index (χ1n) is 4.30. The van der Waals surface area contributed by atoms with E-state index in [1.54, 1.807) is 6.07 Å². The molecule has 0 spiro atoms. The lowest BCUT2D eigenvalue weighted by atomic mass is 9.96. The van der Waals surface area contributed by atoms with E-state index in [0.29, 0.717) is 11.8 Å². The molecule has 0 radical (unpaired) electrons. The van der Waals surface area contributed by atoms with Crippen LogP contribution < -0.4 is 5.32 Å². The van der Waals surface area contributed by atoms with Crippen LogP contribution in [0.1, 0.15) is 18.1 Å². The van der Waals surface area contributed by atoms with Crippen molar-refractivity contribution < 1.29 is 5.11 Å². The fourth-order valence-electron chi connectivity index (χ4n) is 1.69. The molecule has 2 N–H and O–H groups in total. The average molecular weight is 163 g/mol. The van der Waals surface area contributed by atoms with Gasteiger partial charge in [0, 0.05) is 18.2 Å². The molecule has 1 aliphatic heterocycles. The zero-order chi connectivity index (χ0) is 8.55. The van der Waals surface area contributed by atoms with Gasteiger partial charge in [0.05, 0.1) is 0 Å². The van der Waals surface area contributed by atoms with Gasteiger partial charge in [0.15, 0.2) is 0 Å². The minimum absolute atomic E-state index is 0.423. The van der Waals surface area contributed by atoms with E-state index >= 15 is 0 Å². The summed E-state index contributed by atoms with van der Waals surface area (Å²) in [4.78, 5) is 0. The highest BCUT2D eigenvalue weighted by Gasteiger charge is 2.15. The molecule has 0 aliphatic carbocycles. The van der Waals surface area contributed by atoms with Gasteiger partial charge in [0.25, 0.3) is 0 Å². The fourth-order valence-corrected chi connectivity index (χ4v) is 1.69. The maximum atomic E-state index is 9.50. The third kappa shape index (κ3) is 1.18. The molecule has 0 saturated heterocycles. The van der Waals surface area contributed by atoms with E-state index in [1.165, 1.54) is 5.56 Å².